The summed E-state index contributed by atoms with van der Waals surface area (Å²) in [7, 11) is 0. The number of hydrogen-bond donors (Lipinski definition) is 0. The third-order valence-corrected chi connectivity index (χ3v) is 12.3. The van der Waals surface area contributed by atoms with Gasteiger partial charge in [0, 0.05) is 42.3 Å². The average Bonchev–Trinajstić information content (AvgIpc) is 3.86. The molecule has 268 valence electrons. The molecule has 2 aromatic heterocycles. The molecule has 0 aliphatic carbocycles. The fraction of sp³-hybridized carbons (Fsp3) is 0. The first-order chi connectivity index (χ1) is 28.2. The molecule has 0 aliphatic heterocycles. The standard InChI is InChI=1S/C54H35NOS/c1-3-12-36(13-4-1)37-22-24-38(25-23-37)39-26-29-42(30-27-39)55(50-19-11-18-47-45-16-7-9-20-51(45)56-54(47)50)43-31-32-44(48(35-43)40-14-5-2-6-15-40)41-28-33-53-49(34-41)46-17-8-10-21-52(46)57-53/h1-35H. The molecule has 3 heteroatoms. The van der Waals surface area contributed by atoms with Crippen LogP contribution in [0.25, 0.3) is 86.6 Å². The van der Waals surface area contributed by atoms with Gasteiger partial charge in [0.15, 0.2) is 5.58 Å². The van der Waals surface area contributed by atoms with E-state index in [9.17, 15) is 0 Å². The Bertz CT molecular complexity index is 3210. The van der Waals surface area contributed by atoms with Crippen molar-refractivity contribution in [3.05, 3.63) is 212 Å². The van der Waals surface area contributed by atoms with Crippen LogP contribution in [0.5, 0.6) is 0 Å². The summed E-state index contributed by atoms with van der Waals surface area (Å²) in [5.74, 6) is 0. The Morgan fingerprint density at radius 1 is 0.333 bits per heavy atom. The van der Waals surface area contributed by atoms with Crippen LogP contribution in [0.1, 0.15) is 0 Å². The van der Waals surface area contributed by atoms with Gasteiger partial charge in [0.2, 0.25) is 0 Å². The Hall–Kier alpha value is -7.20. The van der Waals surface area contributed by atoms with Crippen LogP contribution in [0.2, 0.25) is 0 Å². The lowest BCUT2D eigenvalue weighted by Crippen LogP contribution is -2.10. The van der Waals surface area contributed by atoms with E-state index in [1.54, 1.807) is 0 Å². The van der Waals surface area contributed by atoms with Gasteiger partial charge in [-0.15, -0.1) is 11.3 Å². The maximum absolute atomic E-state index is 6.68. The number of fused-ring (bicyclic) bond motifs is 6. The van der Waals surface area contributed by atoms with Crippen molar-refractivity contribution in [2.45, 2.75) is 0 Å². The largest absolute Gasteiger partial charge is 0.454 e. The van der Waals surface area contributed by atoms with E-state index in [0.717, 1.165) is 44.6 Å². The first-order valence-electron chi connectivity index (χ1n) is 19.3. The van der Waals surface area contributed by atoms with Crippen LogP contribution in [-0.2, 0) is 0 Å². The molecule has 2 heterocycles. The zero-order valence-electron chi connectivity index (χ0n) is 31.0. The van der Waals surface area contributed by atoms with Crippen LogP contribution < -0.4 is 4.90 Å². The number of furan rings is 1. The van der Waals surface area contributed by atoms with Gasteiger partial charge in [-0.25, -0.2) is 0 Å². The SMILES string of the molecule is c1ccc(-c2ccc(-c3ccc(N(c4ccc(-c5ccc6sc7ccccc7c6c5)c(-c5ccccc5)c4)c4cccc5c4oc4ccccc45)cc3)cc2)cc1. The van der Waals surface area contributed by atoms with E-state index in [-0.39, 0.29) is 0 Å². The first kappa shape index (κ1) is 33.2. The zero-order chi connectivity index (χ0) is 37.7. The molecular weight excluding hydrogens is 711 g/mol. The number of benzene rings is 9. The normalized spacial score (nSPS) is 11.5. The second kappa shape index (κ2) is 13.8. The molecule has 11 aromatic rings. The van der Waals surface area contributed by atoms with Crippen LogP contribution >= 0.6 is 11.3 Å². The van der Waals surface area contributed by atoms with Gasteiger partial charge in [0.05, 0.1) is 5.69 Å². The Balaban J connectivity index is 1.07. The Kier molecular flexibility index (Phi) is 8.04. The van der Waals surface area contributed by atoms with E-state index in [1.165, 1.54) is 59.1 Å². The maximum Gasteiger partial charge on any atom is 0.159 e. The van der Waals surface area contributed by atoms with E-state index < -0.39 is 0 Å². The highest BCUT2D eigenvalue weighted by Crippen LogP contribution is 2.46. The molecule has 0 spiro atoms. The van der Waals surface area contributed by atoms with Gasteiger partial charge in [0.25, 0.3) is 0 Å². The van der Waals surface area contributed by atoms with E-state index >= 15 is 0 Å². The molecule has 0 amide bonds. The molecule has 2 nitrogen and oxygen atoms in total. The molecule has 0 atom stereocenters. The quantitative estimate of drug-likeness (QED) is 0.162. The van der Waals surface area contributed by atoms with Crippen molar-refractivity contribution in [1.82, 2.24) is 0 Å². The van der Waals surface area contributed by atoms with Gasteiger partial charge in [-0.2, -0.15) is 0 Å². The summed E-state index contributed by atoms with van der Waals surface area (Å²) < 4.78 is 9.30. The molecule has 0 bridgehead atoms. The van der Waals surface area contributed by atoms with Crippen LogP contribution in [-0.4, -0.2) is 0 Å². The number of thiophene rings is 1. The van der Waals surface area contributed by atoms with Crippen molar-refractivity contribution in [2.24, 2.45) is 0 Å². The maximum atomic E-state index is 6.68. The smallest absolute Gasteiger partial charge is 0.159 e. The third-order valence-electron chi connectivity index (χ3n) is 11.1. The second-order valence-electron chi connectivity index (χ2n) is 14.5. The second-order valence-corrected chi connectivity index (χ2v) is 15.6. The topological polar surface area (TPSA) is 16.4 Å². The average molecular weight is 746 g/mol. The van der Waals surface area contributed by atoms with E-state index in [2.05, 4.69) is 211 Å². The lowest BCUT2D eigenvalue weighted by molar-refractivity contribution is 0.669. The van der Waals surface area contributed by atoms with Crippen LogP contribution in [0.3, 0.4) is 0 Å². The van der Waals surface area contributed by atoms with Crippen molar-refractivity contribution >= 4 is 70.5 Å². The molecule has 0 unspecified atom stereocenters. The minimum Gasteiger partial charge on any atom is -0.454 e. The number of hydrogen-bond acceptors (Lipinski definition) is 3. The monoisotopic (exact) mass is 745 g/mol. The lowest BCUT2D eigenvalue weighted by Gasteiger charge is -2.27. The van der Waals surface area contributed by atoms with Crippen LogP contribution in [0.4, 0.5) is 17.1 Å². The van der Waals surface area contributed by atoms with Gasteiger partial charge in [0.1, 0.15) is 5.58 Å². The summed E-state index contributed by atoms with van der Waals surface area (Å²) in [6, 6.07) is 76.4. The number of rotatable bonds is 7. The van der Waals surface area contributed by atoms with Gasteiger partial charge in [-0.1, -0.05) is 158 Å². The highest BCUT2D eigenvalue weighted by Gasteiger charge is 2.21. The van der Waals surface area contributed by atoms with Gasteiger partial charge >= 0.3 is 0 Å². The van der Waals surface area contributed by atoms with E-state index in [0.29, 0.717) is 0 Å². The van der Waals surface area contributed by atoms with Crippen molar-refractivity contribution in [1.29, 1.82) is 0 Å². The zero-order valence-corrected chi connectivity index (χ0v) is 31.8. The number of para-hydroxylation sites is 2. The lowest BCUT2D eigenvalue weighted by atomic mass is 9.92. The fourth-order valence-corrected chi connectivity index (χ4v) is 9.38. The summed E-state index contributed by atoms with van der Waals surface area (Å²) in [5, 5.41) is 4.81. The first-order valence-corrected chi connectivity index (χ1v) is 20.1. The molecule has 9 aromatic carbocycles. The summed E-state index contributed by atoms with van der Waals surface area (Å²) in [6.07, 6.45) is 0. The molecule has 57 heavy (non-hydrogen) atoms. The van der Waals surface area contributed by atoms with Crippen molar-refractivity contribution in [3.8, 4) is 44.5 Å². The molecule has 11 rings (SSSR count). The molecule has 0 saturated heterocycles. The molecule has 0 fully saturated rings. The summed E-state index contributed by atoms with van der Waals surface area (Å²) >= 11 is 1.85. The molecule has 0 aliphatic rings. The number of nitrogens with zero attached hydrogens (tertiary/aromatic N) is 1. The van der Waals surface area contributed by atoms with Gasteiger partial charge in [-0.05, 0) is 99.1 Å². The van der Waals surface area contributed by atoms with E-state index in [4.69, 9.17) is 4.42 Å². The summed E-state index contributed by atoms with van der Waals surface area (Å²) in [6.45, 7) is 0. The highest BCUT2D eigenvalue weighted by molar-refractivity contribution is 7.25. The number of anilines is 3. The minimum absolute atomic E-state index is 0.861. The Morgan fingerprint density at radius 3 is 1.65 bits per heavy atom. The van der Waals surface area contributed by atoms with Crippen LogP contribution in [0, 0.1) is 0 Å². The minimum atomic E-state index is 0.861. The predicted molar refractivity (Wildman–Crippen MR) is 243 cm³/mol. The highest BCUT2D eigenvalue weighted by atomic mass is 32.1. The molecule has 0 N–H and O–H groups in total. The Labute approximate surface area is 335 Å². The molecule has 0 radical (unpaired) electrons. The van der Waals surface area contributed by atoms with E-state index in [1.807, 2.05) is 17.4 Å². The third kappa shape index (κ3) is 5.88. The molecular formula is C54H35NOS. The van der Waals surface area contributed by atoms with Gasteiger partial charge in [-0.3, -0.25) is 0 Å². The molecule has 0 saturated carbocycles. The van der Waals surface area contributed by atoms with Gasteiger partial charge < -0.3 is 9.32 Å². The fourth-order valence-electron chi connectivity index (χ4n) is 8.30. The van der Waals surface area contributed by atoms with Crippen LogP contribution in [0.15, 0.2) is 217 Å². The summed E-state index contributed by atoms with van der Waals surface area (Å²) in [4.78, 5) is 2.35. The van der Waals surface area contributed by atoms with Crippen molar-refractivity contribution in [3.63, 3.8) is 0 Å². The summed E-state index contributed by atoms with van der Waals surface area (Å²) in [5.41, 5.74) is 14.3. The predicted octanol–water partition coefficient (Wildman–Crippen LogP) is 16.1. The van der Waals surface area contributed by atoms with Crippen molar-refractivity contribution in [2.75, 3.05) is 4.90 Å². The van der Waals surface area contributed by atoms with Crippen molar-refractivity contribution < 1.29 is 4.42 Å². The Morgan fingerprint density at radius 2 is 0.895 bits per heavy atom.